The van der Waals surface area contributed by atoms with Gasteiger partial charge >= 0.3 is 0 Å². The Hall–Kier alpha value is -3.68. The summed E-state index contributed by atoms with van der Waals surface area (Å²) < 4.78 is 0. The first-order chi connectivity index (χ1) is 14.4. The maximum Gasteiger partial charge on any atom is 0.254 e. The van der Waals surface area contributed by atoms with Crippen LogP contribution in [0.25, 0.3) is 0 Å². The van der Waals surface area contributed by atoms with Crippen LogP contribution in [0.5, 0.6) is 11.5 Å². The second-order valence-corrected chi connectivity index (χ2v) is 5.51. The second-order valence-electron chi connectivity index (χ2n) is 5.51. The molecule has 164 valence electrons. The van der Waals surface area contributed by atoms with Gasteiger partial charge in [-0.15, -0.1) is 0 Å². The molecule has 0 aliphatic carbocycles. The van der Waals surface area contributed by atoms with Gasteiger partial charge in [0, 0.05) is 18.3 Å². The summed E-state index contributed by atoms with van der Waals surface area (Å²) in [5, 5.41) is 19.1. The molecule has 2 rings (SSSR count). The van der Waals surface area contributed by atoms with Crippen molar-refractivity contribution in [1.29, 1.82) is 0 Å². The number of nitrogens with two attached hydrogens (primary N) is 1. The van der Waals surface area contributed by atoms with E-state index in [1.54, 1.807) is 31.3 Å². The van der Waals surface area contributed by atoms with Gasteiger partial charge in [0.2, 0.25) is 0 Å². The van der Waals surface area contributed by atoms with Gasteiger partial charge in [-0.05, 0) is 36.2 Å². The van der Waals surface area contributed by atoms with Crippen LogP contribution in [0, 0.1) is 0 Å². The fourth-order valence-electron chi connectivity index (χ4n) is 2.71. The molecule has 30 heavy (non-hydrogen) atoms. The van der Waals surface area contributed by atoms with E-state index in [1.807, 2.05) is 34.3 Å². The molecule has 0 bridgehead atoms. The van der Waals surface area contributed by atoms with Gasteiger partial charge in [-0.25, -0.2) is 0 Å². The summed E-state index contributed by atoms with van der Waals surface area (Å²) in [5.74, 6) is -0.810. The molecule has 2 aromatic rings. The van der Waals surface area contributed by atoms with E-state index >= 15 is 0 Å². The van der Waals surface area contributed by atoms with Crippen LogP contribution >= 0.6 is 0 Å². The fraction of sp³-hybridized carbons (Fsp3) is 0.273. The lowest BCUT2D eigenvalue weighted by Gasteiger charge is -2.28. The molecule has 0 spiro atoms. The van der Waals surface area contributed by atoms with Gasteiger partial charge in [-0.3, -0.25) is 9.59 Å². The zero-order chi connectivity index (χ0) is 23.9. The molecule has 1 atom stereocenters. The molecule has 1 unspecified atom stereocenters. The molecule has 8 nitrogen and oxygen atoms in total. The highest BCUT2D eigenvalue weighted by molar-refractivity contribution is 6.04. The van der Waals surface area contributed by atoms with Crippen LogP contribution in [-0.2, 0) is 9.59 Å². The fourth-order valence-corrected chi connectivity index (χ4v) is 2.71. The SMILES string of the molecule is C=O.C=O.CC.CCC(c1ccc(O)c(O)c1)N(C)C(=O)c1cccc(N)c1C=O. The summed E-state index contributed by atoms with van der Waals surface area (Å²) in [6.07, 6.45) is 1.16. The van der Waals surface area contributed by atoms with Crippen LogP contribution in [0.15, 0.2) is 36.4 Å². The highest BCUT2D eigenvalue weighted by Crippen LogP contribution is 2.32. The van der Waals surface area contributed by atoms with Gasteiger partial charge in [-0.1, -0.05) is 32.9 Å². The van der Waals surface area contributed by atoms with Crippen LogP contribution in [0.1, 0.15) is 59.5 Å². The zero-order valence-corrected chi connectivity index (χ0v) is 17.8. The molecule has 0 radical (unpaired) electrons. The van der Waals surface area contributed by atoms with E-state index in [1.165, 1.54) is 17.0 Å². The lowest BCUT2D eigenvalue weighted by Crippen LogP contribution is -2.31. The Bertz CT molecular complexity index is 808. The zero-order valence-electron chi connectivity index (χ0n) is 17.8. The number of carbonyl (C=O) groups excluding carboxylic acids is 4. The highest BCUT2D eigenvalue weighted by atomic mass is 16.3. The molecule has 0 aliphatic heterocycles. The number of hydrogen-bond acceptors (Lipinski definition) is 7. The van der Waals surface area contributed by atoms with Crippen molar-refractivity contribution in [2.24, 2.45) is 0 Å². The molecule has 0 aromatic heterocycles. The number of nitrogens with zero attached hydrogens (tertiary/aromatic N) is 1. The molecule has 0 fully saturated rings. The number of phenols is 2. The Kier molecular flexibility index (Phi) is 14.5. The van der Waals surface area contributed by atoms with Crippen LogP contribution in [0.3, 0.4) is 0 Å². The molecule has 2 aromatic carbocycles. The van der Waals surface area contributed by atoms with Crippen molar-refractivity contribution in [3.63, 3.8) is 0 Å². The predicted molar refractivity (Wildman–Crippen MR) is 117 cm³/mol. The number of aromatic hydroxyl groups is 2. The van der Waals surface area contributed by atoms with Crippen molar-refractivity contribution in [3.05, 3.63) is 53.1 Å². The summed E-state index contributed by atoms with van der Waals surface area (Å²) in [4.78, 5) is 41.6. The van der Waals surface area contributed by atoms with E-state index in [2.05, 4.69) is 0 Å². The van der Waals surface area contributed by atoms with E-state index in [-0.39, 0.29) is 40.3 Å². The number of rotatable bonds is 5. The summed E-state index contributed by atoms with van der Waals surface area (Å²) in [7, 11) is 1.62. The van der Waals surface area contributed by atoms with Gasteiger partial charge in [0.05, 0.1) is 11.6 Å². The second kappa shape index (κ2) is 15.3. The van der Waals surface area contributed by atoms with Crippen LogP contribution in [0.4, 0.5) is 5.69 Å². The molecular weight excluding hydrogens is 388 g/mol. The van der Waals surface area contributed by atoms with E-state index in [9.17, 15) is 19.8 Å². The molecule has 1 amide bonds. The quantitative estimate of drug-likeness (QED) is 0.384. The first kappa shape index (κ1) is 28.5. The molecule has 8 heteroatoms. The largest absolute Gasteiger partial charge is 0.504 e. The maximum atomic E-state index is 12.8. The minimum atomic E-state index is -0.344. The number of nitrogen functional groups attached to an aromatic ring is 1. The Balaban J connectivity index is 0. The molecule has 0 aliphatic rings. The van der Waals surface area contributed by atoms with E-state index in [0.717, 1.165) is 0 Å². The van der Waals surface area contributed by atoms with Crippen molar-refractivity contribution < 1.29 is 29.4 Å². The van der Waals surface area contributed by atoms with Crippen LogP contribution in [0.2, 0.25) is 0 Å². The molecule has 0 saturated heterocycles. The molecular formula is C22H30N2O6. The van der Waals surface area contributed by atoms with Gasteiger partial charge in [0.1, 0.15) is 13.6 Å². The summed E-state index contributed by atoms with van der Waals surface area (Å²) >= 11 is 0. The first-order valence-corrected chi connectivity index (χ1v) is 9.11. The number of phenolic OH excluding ortho intramolecular Hbond substituents is 2. The first-order valence-electron chi connectivity index (χ1n) is 9.11. The number of benzene rings is 2. The van der Waals surface area contributed by atoms with Crippen molar-refractivity contribution in [1.82, 2.24) is 4.90 Å². The van der Waals surface area contributed by atoms with E-state index in [4.69, 9.17) is 15.3 Å². The van der Waals surface area contributed by atoms with Gasteiger partial charge < -0.3 is 30.4 Å². The number of amides is 1. The van der Waals surface area contributed by atoms with E-state index in [0.29, 0.717) is 18.3 Å². The minimum Gasteiger partial charge on any atom is -0.504 e. The summed E-state index contributed by atoms with van der Waals surface area (Å²) in [6, 6.07) is 8.86. The van der Waals surface area contributed by atoms with Gasteiger partial charge in [0.15, 0.2) is 17.8 Å². The Morgan fingerprint density at radius 3 is 2.13 bits per heavy atom. The van der Waals surface area contributed by atoms with Gasteiger partial charge in [-0.2, -0.15) is 0 Å². The molecule has 0 saturated carbocycles. The number of anilines is 1. The van der Waals surface area contributed by atoms with Crippen LogP contribution < -0.4 is 5.73 Å². The van der Waals surface area contributed by atoms with Crippen LogP contribution in [-0.4, -0.2) is 47.9 Å². The maximum absolute atomic E-state index is 12.8. The summed E-state index contributed by atoms with van der Waals surface area (Å²) in [5.41, 5.74) is 7.09. The standard InChI is InChI=1S/C18H20N2O4.C2H6.2CH2O/c1-3-15(11-7-8-16(22)17(23)9-11)20(2)18(24)12-5-4-6-14(19)13(12)10-21;3*1-2/h4-10,15,22-23H,3,19H2,1-2H3;1-2H3;2*1H2. The van der Waals surface area contributed by atoms with Gasteiger partial charge in [0.25, 0.3) is 5.91 Å². The molecule has 4 N–H and O–H groups in total. The third-order valence-electron chi connectivity index (χ3n) is 4.05. The monoisotopic (exact) mass is 418 g/mol. The average molecular weight is 418 g/mol. The third kappa shape index (κ3) is 7.05. The topological polar surface area (TPSA) is 138 Å². The highest BCUT2D eigenvalue weighted by Gasteiger charge is 2.24. The Morgan fingerprint density at radius 2 is 1.67 bits per heavy atom. The Labute approximate surface area is 176 Å². The lowest BCUT2D eigenvalue weighted by molar-refractivity contribution is -0.0987. The number of aldehydes is 1. The van der Waals surface area contributed by atoms with Crippen molar-refractivity contribution >= 4 is 31.5 Å². The normalized spacial score (nSPS) is 9.87. The Morgan fingerprint density at radius 1 is 1.10 bits per heavy atom. The third-order valence-corrected chi connectivity index (χ3v) is 4.05. The number of hydrogen-bond donors (Lipinski definition) is 3. The van der Waals surface area contributed by atoms with Crippen molar-refractivity contribution in [3.8, 4) is 11.5 Å². The smallest absolute Gasteiger partial charge is 0.254 e. The predicted octanol–water partition coefficient (Wildman–Crippen LogP) is 3.37. The average Bonchev–Trinajstić information content (AvgIpc) is 2.80. The molecule has 0 heterocycles. The lowest BCUT2D eigenvalue weighted by atomic mass is 10.00. The van der Waals surface area contributed by atoms with Crippen molar-refractivity contribution in [2.75, 3.05) is 12.8 Å². The van der Waals surface area contributed by atoms with E-state index < -0.39 is 0 Å². The van der Waals surface area contributed by atoms with Crippen molar-refractivity contribution in [2.45, 2.75) is 33.2 Å². The minimum absolute atomic E-state index is 0.165. The summed E-state index contributed by atoms with van der Waals surface area (Å²) in [6.45, 7) is 9.90. The number of carbonyl (C=O) groups is 4.